The Kier molecular flexibility index (Phi) is 4.80. The summed E-state index contributed by atoms with van der Waals surface area (Å²) >= 11 is 0. The molecule has 0 saturated carbocycles. The Bertz CT molecular complexity index is 146. The van der Waals surface area contributed by atoms with Crippen molar-refractivity contribution in [1.29, 1.82) is 0 Å². The van der Waals surface area contributed by atoms with Gasteiger partial charge in [-0.2, -0.15) is 0 Å². The number of hydrogen-bond donors (Lipinski definition) is 3. The first-order valence-corrected chi connectivity index (χ1v) is 3.69. The lowest BCUT2D eigenvalue weighted by molar-refractivity contribution is -0.150. The Balaban J connectivity index is 4.13. The normalized spacial score (nSPS) is 13.6. The van der Waals surface area contributed by atoms with Crippen molar-refractivity contribution < 1.29 is 19.7 Å². The van der Waals surface area contributed by atoms with Crippen molar-refractivity contribution in [1.82, 2.24) is 5.32 Å². The Labute approximate surface area is 71.3 Å². The van der Waals surface area contributed by atoms with Crippen LogP contribution in [0.3, 0.4) is 0 Å². The lowest BCUT2D eigenvalue weighted by atomic mass is 10.1. The van der Waals surface area contributed by atoms with Crippen LogP contribution in [-0.2, 0) is 9.53 Å². The monoisotopic (exact) mass is 177 g/mol. The number of ether oxygens (including phenoxy) is 1. The Morgan fingerprint density at radius 2 is 1.92 bits per heavy atom. The first-order chi connectivity index (χ1) is 5.49. The van der Waals surface area contributed by atoms with Crippen LogP contribution in [0, 0.1) is 5.92 Å². The van der Waals surface area contributed by atoms with Gasteiger partial charge in [-0.1, -0.05) is 13.8 Å². The fourth-order valence-corrected chi connectivity index (χ4v) is 0.820. The average molecular weight is 177 g/mol. The van der Waals surface area contributed by atoms with Crippen molar-refractivity contribution >= 4 is 5.97 Å². The number of aliphatic hydroxyl groups is 2. The Morgan fingerprint density at radius 1 is 1.42 bits per heavy atom. The van der Waals surface area contributed by atoms with E-state index >= 15 is 0 Å². The predicted molar refractivity (Wildman–Crippen MR) is 42.0 cm³/mol. The van der Waals surface area contributed by atoms with Crippen molar-refractivity contribution in [3.05, 3.63) is 0 Å². The smallest absolute Gasteiger partial charge is 0.323 e. The second-order valence-electron chi connectivity index (χ2n) is 2.79. The van der Waals surface area contributed by atoms with Gasteiger partial charge in [0.05, 0.1) is 7.11 Å². The van der Waals surface area contributed by atoms with Gasteiger partial charge in [0.25, 0.3) is 0 Å². The third-order valence-corrected chi connectivity index (χ3v) is 1.45. The van der Waals surface area contributed by atoms with Gasteiger partial charge in [0.15, 0.2) is 0 Å². The molecule has 5 heteroatoms. The van der Waals surface area contributed by atoms with Crippen molar-refractivity contribution in [2.45, 2.75) is 26.3 Å². The Hall–Kier alpha value is -0.650. The number of aliphatic hydroxyl groups excluding tert-OH is 1. The molecule has 0 aromatic rings. The molecular formula is C7H15NO4. The van der Waals surface area contributed by atoms with E-state index in [0.717, 1.165) is 0 Å². The lowest BCUT2D eigenvalue weighted by Crippen LogP contribution is -2.47. The molecule has 0 heterocycles. The highest BCUT2D eigenvalue weighted by Crippen LogP contribution is 2.03. The molecule has 0 aliphatic carbocycles. The molecule has 0 bridgehead atoms. The molecule has 1 unspecified atom stereocenters. The number of carbonyl (C=O) groups excluding carboxylic acids is 1. The van der Waals surface area contributed by atoms with Crippen LogP contribution >= 0.6 is 0 Å². The molecule has 12 heavy (non-hydrogen) atoms. The van der Waals surface area contributed by atoms with Crippen LogP contribution in [0.1, 0.15) is 13.8 Å². The second-order valence-corrected chi connectivity index (χ2v) is 2.79. The molecule has 0 aromatic heterocycles. The first-order valence-electron chi connectivity index (χ1n) is 3.69. The quantitative estimate of drug-likeness (QED) is 0.381. The number of rotatable bonds is 4. The van der Waals surface area contributed by atoms with Crippen molar-refractivity contribution in [2.75, 3.05) is 7.11 Å². The summed E-state index contributed by atoms with van der Waals surface area (Å²) in [7, 11) is 1.25. The molecule has 0 rings (SSSR count). The molecule has 0 radical (unpaired) electrons. The van der Waals surface area contributed by atoms with E-state index in [1.54, 1.807) is 13.8 Å². The minimum atomic E-state index is -1.70. The third-order valence-electron chi connectivity index (χ3n) is 1.45. The molecule has 3 N–H and O–H groups in total. The topological polar surface area (TPSA) is 78.8 Å². The van der Waals surface area contributed by atoms with Crippen LogP contribution in [0.4, 0.5) is 0 Å². The predicted octanol–water partition coefficient (Wildman–Crippen LogP) is -0.958. The zero-order valence-electron chi connectivity index (χ0n) is 7.44. The van der Waals surface area contributed by atoms with Crippen LogP contribution in [-0.4, -0.2) is 35.7 Å². The molecule has 0 aliphatic rings. The summed E-state index contributed by atoms with van der Waals surface area (Å²) in [6.07, 6.45) is -1.70. The summed E-state index contributed by atoms with van der Waals surface area (Å²) in [6.45, 7) is 3.55. The van der Waals surface area contributed by atoms with E-state index in [1.807, 2.05) is 0 Å². The number of carbonyl (C=O) groups is 1. The number of methoxy groups -OCH3 is 1. The van der Waals surface area contributed by atoms with Gasteiger partial charge in [-0.15, -0.1) is 0 Å². The minimum absolute atomic E-state index is 0.0563. The molecule has 0 fully saturated rings. The van der Waals surface area contributed by atoms with E-state index in [2.05, 4.69) is 10.1 Å². The summed E-state index contributed by atoms with van der Waals surface area (Å²) in [5.74, 6) is -0.558. The van der Waals surface area contributed by atoms with E-state index in [-0.39, 0.29) is 5.92 Å². The second kappa shape index (κ2) is 5.08. The first kappa shape index (κ1) is 11.4. The van der Waals surface area contributed by atoms with E-state index in [9.17, 15) is 4.79 Å². The van der Waals surface area contributed by atoms with Crippen LogP contribution in [0.2, 0.25) is 0 Å². The standard InChI is InChI=1S/C7H15NO4/c1-4(2)5(6(9)12-3)8-7(10)11/h4-5,7-8,10-11H,1-3H3. The highest BCUT2D eigenvalue weighted by atomic mass is 16.5. The summed E-state index contributed by atoms with van der Waals surface area (Å²) in [5.41, 5.74) is 0. The lowest BCUT2D eigenvalue weighted by Gasteiger charge is -2.20. The van der Waals surface area contributed by atoms with Gasteiger partial charge >= 0.3 is 5.97 Å². The molecule has 0 spiro atoms. The van der Waals surface area contributed by atoms with E-state index in [1.165, 1.54) is 7.11 Å². The average Bonchev–Trinajstić information content (AvgIpc) is 1.98. The zero-order chi connectivity index (χ0) is 9.72. The molecule has 0 saturated heterocycles. The van der Waals surface area contributed by atoms with Gasteiger partial charge in [0, 0.05) is 0 Å². The van der Waals surface area contributed by atoms with Gasteiger partial charge < -0.3 is 14.9 Å². The maximum Gasteiger partial charge on any atom is 0.323 e. The van der Waals surface area contributed by atoms with Gasteiger partial charge in [-0.25, -0.2) is 0 Å². The highest BCUT2D eigenvalue weighted by molar-refractivity contribution is 5.75. The van der Waals surface area contributed by atoms with Crippen molar-refractivity contribution in [3.8, 4) is 0 Å². The molecule has 5 nitrogen and oxygen atoms in total. The fraction of sp³-hybridized carbons (Fsp3) is 0.857. The van der Waals surface area contributed by atoms with E-state index in [4.69, 9.17) is 10.2 Å². The third kappa shape index (κ3) is 3.66. The van der Waals surface area contributed by atoms with Gasteiger partial charge in [0.1, 0.15) is 6.04 Å². The van der Waals surface area contributed by atoms with Gasteiger partial charge in [-0.3, -0.25) is 10.1 Å². The Morgan fingerprint density at radius 3 is 2.17 bits per heavy atom. The highest BCUT2D eigenvalue weighted by Gasteiger charge is 2.23. The fourth-order valence-electron chi connectivity index (χ4n) is 0.820. The summed E-state index contributed by atoms with van der Waals surface area (Å²) in [4.78, 5) is 11.0. The molecular weight excluding hydrogens is 162 g/mol. The SMILES string of the molecule is COC(=O)C(NC(O)O)C(C)C. The number of hydrogen-bond acceptors (Lipinski definition) is 5. The number of nitrogens with one attached hydrogen (secondary N) is 1. The summed E-state index contributed by atoms with van der Waals surface area (Å²) in [5, 5.41) is 19.4. The van der Waals surface area contributed by atoms with E-state index < -0.39 is 18.4 Å². The summed E-state index contributed by atoms with van der Waals surface area (Å²) < 4.78 is 4.45. The summed E-state index contributed by atoms with van der Waals surface area (Å²) in [6, 6.07) is -0.685. The zero-order valence-corrected chi connectivity index (χ0v) is 7.44. The maximum atomic E-state index is 11.0. The van der Waals surface area contributed by atoms with Crippen LogP contribution < -0.4 is 5.32 Å². The molecule has 0 aromatic carbocycles. The van der Waals surface area contributed by atoms with E-state index in [0.29, 0.717) is 0 Å². The number of esters is 1. The molecule has 72 valence electrons. The molecule has 0 aliphatic heterocycles. The van der Waals surface area contributed by atoms with Gasteiger partial charge in [0.2, 0.25) is 6.41 Å². The van der Waals surface area contributed by atoms with Crippen molar-refractivity contribution in [2.24, 2.45) is 5.92 Å². The minimum Gasteiger partial charge on any atom is -0.468 e. The van der Waals surface area contributed by atoms with Crippen LogP contribution in [0.5, 0.6) is 0 Å². The maximum absolute atomic E-state index is 11.0. The van der Waals surface area contributed by atoms with Gasteiger partial charge in [-0.05, 0) is 5.92 Å². The van der Waals surface area contributed by atoms with Crippen molar-refractivity contribution in [3.63, 3.8) is 0 Å². The van der Waals surface area contributed by atoms with Crippen LogP contribution in [0.15, 0.2) is 0 Å². The molecule has 0 amide bonds. The van der Waals surface area contributed by atoms with Crippen LogP contribution in [0.25, 0.3) is 0 Å². The molecule has 1 atom stereocenters. The largest absolute Gasteiger partial charge is 0.468 e.